The SMILES string of the molecule is CCCc1nnsc1C(=O)NC(C)(CBr)CBr. The molecule has 0 spiro atoms. The van der Waals surface area contributed by atoms with E-state index in [1.54, 1.807) is 0 Å². The maximum absolute atomic E-state index is 12.1. The minimum atomic E-state index is -0.301. The van der Waals surface area contributed by atoms with E-state index in [2.05, 4.69) is 53.7 Å². The first kappa shape index (κ1) is 15.0. The van der Waals surface area contributed by atoms with Crippen molar-refractivity contribution < 1.29 is 4.79 Å². The van der Waals surface area contributed by atoms with Gasteiger partial charge in [0.15, 0.2) is 0 Å². The number of carbonyl (C=O) groups is 1. The van der Waals surface area contributed by atoms with Crippen LogP contribution in [0.1, 0.15) is 35.6 Å². The second-order valence-corrected chi connectivity index (χ2v) is 5.96. The first-order valence-electron chi connectivity index (χ1n) is 5.32. The molecule has 1 rings (SSSR count). The van der Waals surface area contributed by atoms with Crippen LogP contribution in [0.4, 0.5) is 0 Å². The number of aromatic nitrogens is 2. The molecular weight excluding hydrogens is 370 g/mol. The molecule has 0 fully saturated rings. The van der Waals surface area contributed by atoms with E-state index in [0.29, 0.717) is 15.5 Å². The second-order valence-electron chi connectivity index (χ2n) is 4.08. The molecule has 1 heterocycles. The van der Waals surface area contributed by atoms with Gasteiger partial charge in [0.25, 0.3) is 5.91 Å². The summed E-state index contributed by atoms with van der Waals surface area (Å²) in [7, 11) is 0. The summed E-state index contributed by atoms with van der Waals surface area (Å²) in [6.45, 7) is 4.03. The van der Waals surface area contributed by atoms with Gasteiger partial charge in [-0.05, 0) is 24.9 Å². The molecule has 0 aliphatic carbocycles. The highest BCUT2D eigenvalue weighted by Gasteiger charge is 2.26. The average molecular weight is 385 g/mol. The molecule has 17 heavy (non-hydrogen) atoms. The van der Waals surface area contributed by atoms with Crippen molar-refractivity contribution in [1.29, 1.82) is 0 Å². The van der Waals surface area contributed by atoms with Crippen LogP contribution in [-0.4, -0.2) is 31.7 Å². The summed E-state index contributed by atoms with van der Waals surface area (Å²) >= 11 is 7.96. The van der Waals surface area contributed by atoms with Crippen molar-refractivity contribution in [1.82, 2.24) is 14.9 Å². The van der Waals surface area contributed by atoms with Crippen LogP contribution < -0.4 is 5.32 Å². The number of nitrogens with zero attached hydrogens (tertiary/aromatic N) is 2. The van der Waals surface area contributed by atoms with Crippen LogP contribution >= 0.6 is 43.4 Å². The number of rotatable bonds is 6. The van der Waals surface area contributed by atoms with E-state index in [4.69, 9.17) is 0 Å². The molecule has 0 saturated carbocycles. The second kappa shape index (κ2) is 6.80. The molecule has 1 N–H and O–H groups in total. The predicted molar refractivity (Wildman–Crippen MR) is 77.4 cm³/mol. The van der Waals surface area contributed by atoms with Gasteiger partial charge in [-0.1, -0.05) is 49.7 Å². The minimum absolute atomic E-state index is 0.0927. The van der Waals surface area contributed by atoms with Gasteiger partial charge in [0.2, 0.25) is 0 Å². The largest absolute Gasteiger partial charge is 0.344 e. The molecular formula is C10H15Br2N3OS. The van der Waals surface area contributed by atoms with Gasteiger partial charge < -0.3 is 5.32 Å². The first-order valence-corrected chi connectivity index (χ1v) is 8.33. The Bertz CT molecular complexity index is 379. The highest BCUT2D eigenvalue weighted by molar-refractivity contribution is 9.09. The summed E-state index contributed by atoms with van der Waals surface area (Å²) < 4.78 is 3.85. The summed E-state index contributed by atoms with van der Waals surface area (Å²) in [6.07, 6.45) is 1.75. The van der Waals surface area contributed by atoms with Crippen LogP contribution in [0.5, 0.6) is 0 Å². The molecule has 1 aromatic rings. The Morgan fingerprint density at radius 1 is 1.47 bits per heavy atom. The monoisotopic (exact) mass is 383 g/mol. The van der Waals surface area contributed by atoms with Gasteiger partial charge >= 0.3 is 0 Å². The molecule has 7 heteroatoms. The van der Waals surface area contributed by atoms with E-state index >= 15 is 0 Å². The average Bonchev–Trinajstić information content (AvgIpc) is 2.77. The molecule has 0 unspecified atom stereocenters. The highest BCUT2D eigenvalue weighted by atomic mass is 79.9. The molecule has 0 bridgehead atoms. The number of hydrogen-bond acceptors (Lipinski definition) is 4. The summed E-state index contributed by atoms with van der Waals surface area (Å²) in [5.74, 6) is -0.0927. The maximum Gasteiger partial charge on any atom is 0.265 e. The zero-order valence-electron chi connectivity index (χ0n) is 9.80. The Balaban J connectivity index is 2.79. The molecule has 0 saturated heterocycles. The van der Waals surface area contributed by atoms with Gasteiger partial charge in [0.05, 0.1) is 11.2 Å². The number of hydrogen-bond donors (Lipinski definition) is 1. The Kier molecular flexibility index (Phi) is 6.02. The number of alkyl halides is 2. The van der Waals surface area contributed by atoms with Crippen LogP contribution in [0.2, 0.25) is 0 Å². The van der Waals surface area contributed by atoms with Gasteiger partial charge in [-0.3, -0.25) is 4.79 Å². The lowest BCUT2D eigenvalue weighted by Crippen LogP contribution is -2.48. The third kappa shape index (κ3) is 3.99. The van der Waals surface area contributed by atoms with Crippen molar-refractivity contribution >= 4 is 49.3 Å². The van der Waals surface area contributed by atoms with Crippen LogP contribution in [-0.2, 0) is 6.42 Å². The fourth-order valence-electron chi connectivity index (χ4n) is 1.21. The predicted octanol–water partition coefficient (Wildman–Crippen LogP) is 2.77. The third-order valence-electron chi connectivity index (χ3n) is 2.25. The topological polar surface area (TPSA) is 54.9 Å². The number of nitrogens with one attached hydrogen (secondary N) is 1. The number of carbonyl (C=O) groups excluding carboxylic acids is 1. The summed E-state index contributed by atoms with van der Waals surface area (Å²) in [5, 5.41) is 8.36. The number of halogens is 2. The van der Waals surface area contributed by atoms with E-state index in [9.17, 15) is 4.79 Å². The summed E-state index contributed by atoms with van der Waals surface area (Å²) in [6, 6.07) is 0. The van der Waals surface area contributed by atoms with Crippen molar-refractivity contribution in [3.8, 4) is 0 Å². The third-order valence-corrected chi connectivity index (χ3v) is 5.50. The Morgan fingerprint density at radius 3 is 2.65 bits per heavy atom. The Morgan fingerprint density at radius 2 is 2.12 bits per heavy atom. The molecule has 96 valence electrons. The smallest absolute Gasteiger partial charge is 0.265 e. The quantitative estimate of drug-likeness (QED) is 0.767. The van der Waals surface area contributed by atoms with E-state index in [1.165, 1.54) is 0 Å². The molecule has 0 aliphatic heterocycles. The Hall–Kier alpha value is -0.0100. The Labute approximate surface area is 122 Å². The minimum Gasteiger partial charge on any atom is -0.344 e. The molecule has 0 atom stereocenters. The van der Waals surface area contributed by atoms with Crippen molar-refractivity contribution in [2.24, 2.45) is 0 Å². The van der Waals surface area contributed by atoms with E-state index < -0.39 is 0 Å². The maximum atomic E-state index is 12.1. The van der Waals surface area contributed by atoms with Gasteiger partial charge in [-0.15, -0.1) is 5.10 Å². The van der Waals surface area contributed by atoms with E-state index in [0.717, 1.165) is 30.1 Å². The van der Waals surface area contributed by atoms with Crippen molar-refractivity contribution in [2.45, 2.75) is 32.2 Å². The molecule has 4 nitrogen and oxygen atoms in total. The fourth-order valence-corrected chi connectivity index (χ4v) is 3.03. The summed E-state index contributed by atoms with van der Waals surface area (Å²) in [4.78, 5) is 12.7. The van der Waals surface area contributed by atoms with E-state index in [1.807, 2.05) is 6.92 Å². The van der Waals surface area contributed by atoms with Crippen molar-refractivity contribution in [3.63, 3.8) is 0 Å². The number of aryl methyl sites for hydroxylation is 1. The van der Waals surface area contributed by atoms with Crippen LogP contribution in [0.3, 0.4) is 0 Å². The van der Waals surface area contributed by atoms with Crippen LogP contribution in [0, 0.1) is 0 Å². The molecule has 0 radical (unpaired) electrons. The number of amides is 1. The molecule has 1 aromatic heterocycles. The molecule has 0 aliphatic rings. The molecule has 0 aromatic carbocycles. The highest BCUT2D eigenvalue weighted by Crippen LogP contribution is 2.16. The van der Waals surface area contributed by atoms with Gasteiger partial charge in [0, 0.05) is 10.7 Å². The first-order chi connectivity index (χ1) is 8.06. The molecule has 1 amide bonds. The normalized spacial score (nSPS) is 11.5. The zero-order valence-corrected chi connectivity index (χ0v) is 13.8. The van der Waals surface area contributed by atoms with E-state index in [-0.39, 0.29) is 11.4 Å². The lowest BCUT2D eigenvalue weighted by Gasteiger charge is -2.26. The van der Waals surface area contributed by atoms with Crippen molar-refractivity contribution in [2.75, 3.05) is 10.7 Å². The van der Waals surface area contributed by atoms with Gasteiger partial charge in [-0.25, -0.2) is 0 Å². The van der Waals surface area contributed by atoms with Crippen molar-refractivity contribution in [3.05, 3.63) is 10.6 Å². The standard InChI is InChI=1S/C10H15Br2N3OS/c1-3-4-7-8(17-15-14-7)9(16)13-10(2,5-11)6-12/h3-6H2,1-2H3,(H,13,16). The summed E-state index contributed by atoms with van der Waals surface area (Å²) in [5.41, 5.74) is 0.492. The van der Waals surface area contributed by atoms with Gasteiger partial charge in [0.1, 0.15) is 4.88 Å². The van der Waals surface area contributed by atoms with Crippen LogP contribution in [0.15, 0.2) is 0 Å². The lowest BCUT2D eigenvalue weighted by atomic mass is 10.1. The van der Waals surface area contributed by atoms with Crippen LogP contribution in [0.25, 0.3) is 0 Å². The fraction of sp³-hybridized carbons (Fsp3) is 0.700. The lowest BCUT2D eigenvalue weighted by molar-refractivity contribution is 0.0926. The van der Waals surface area contributed by atoms with Gasteiger partial charge in [-0.2, -0.15) is 0 Å². The zero-order chi connectivity index (χ0) is 12.9.